The number of nitrogens with zero attached hydrogens (tertiary/aromatic N) is 1. The molecule has 10 heteroatoms. The number of hydrogen-bond acceptors (Lipinski definition) is 6. The van der Waals surface area contributed by atoms with E-state index >= 15 is 0 Å². The van der Waals surface area contributed by atoms with Crippen LogP contribution >= 0.6 is 0 Å². The predicted octanol–water partition coefficient (Wildman–Crippen LogP) is 1.78. The molecule has 2 N–H and O–H groups in total. The second-order valence-corrected chi connectivity index (χ2v) is 9.46. The maximum Gasteiger partial charge on any atom is 0.329 e. The maximum absolute atomic E-state index is 13.3. The Bertz CT molecular complexity index is 1090. The van der Waals surface area contributed by atoms with Crippen LogP contribution in [0.15, 0.2) is 48.5 Å². The SMILES string of the molecule is CN(C(=O)C(Cc1ccccc1)NC(=O)NS(=O)(=O)C1CC1)c1ccc2c(c1)OCO2. The summed E-state index contributed by atoms with van der Waals surface area (Å²) in [5.74, 6) is 0.716. The first kappa shape index (κ1) is 21.0. The van der Waals surface area contributed by atoms with E-state index in [1.165, 1.54) is 4.90 Å². The Hall–Kier alpha value is -3.27. The second-order valence-electron chi connectivity index (χ2n) is 7.50. The fourth-order valence-electron chi connectivity index (χ4n) is 3.28. The van der Waals surface area contributed by atoms with Gasteiger partial charge in [0.2, 0.25) is 22.7 Å². The third-order valence-electron chi connectivity index (χ3n) is 5.16. The number of anilines is 1. The van der Waals surface area contributed by atoms with Crippen LogP contribution < -0.4 is 24.4 Å². The average molecular weight is 445 g/mol. The number of amides is 3. The second kappa shape index (κ2) is 8.46. The lowest BCUT2D eigenvalue weighted by molar-refractivity contribution is -0.120. The van der Waals surface area contributed by atoms with Crippen molar-refractivity contribution in [2.24, 2.45) is 0 Å². The lowest BCUT2D eigenvalue weighted by Crippen LogP contribution is -2.52. The minimum Gasteiger partial charge on any atom is -0.454 e. The van der Waals surface area contributed by atoms with Gasteiger partial charge in [-0.1, -0.05) is 30.3 Å². The summed E-state index contributed by atoms with van der Waals surface area (Å²) in [7, 11) is -2.15. The van der Waals surface area contributed by atoms with Gasteiger partial charge in [0.1, 0.15) is 6.04 Å². The van der Waals surface area contributed by atoms with Crippen LogP contribution in [0.2, 0.25) is 0 Å². The molecule has 0 spiro atoms. The van der Waals surface area contributed by atoms with Gasteiger partial charge >= 0.3 is 6.03 Å². The number of rotatable bonds is 7. The van der Waals surface area contributed by atoms with E-state index in [0.717, 1.165) is 5.56 Å². The van der Waals surface area contributed by atoms with Crippen molar-refractivity contribution in [1.82, 2.24) is 10.0 Å². The van der Waals surface area contributed by atoms with Crippen LogP contribution in [0.3, 0.4) is 0 Å². The van der Waals surface area contributed by atoms with Crippen LogP contribution in [0.25, 0.3) is 0 Å². The Balaban J connectivity index is 1.52. The van der Waals surface area contributed by atoms with Gasteiger partial charge in [0, 0.05) is 25.2 Å². The van der Waals surface area contributed by atoms with E-state index in [9.17, 15) is 18.0 Å². The van der Waals surface area contributed by atoms with Gasteiger partial charge in [-0.25, -0.2) is 17.9 Å². The number of likely N-dealkylation sites (N-methyl/N-ethyl adjacent to an activating group) is 1. The molecule has 2 aliphatic rings. The smallest absolute Gasteiger partial charge is 0.329 e. The Labute approximate surface area is 180 Å². The van der Waals surface area contributed by atoms with E-state index in [0.29, 0.717) is 30.0 Å². The molecule has 1 fully saturated rings. The molecule has 1 unspecified atom stereocenters. The molecule has 0 aromatic heterocycles. The molecule has 2 aromatic carbocycles. The zero-order valence-corrected chi connectivity index (χ0v) is 17.7. The van der Waals surface area contributed by atoms with Gasteiger partial charge in [-0.3, -0.25) is 4.79 Å². The van der Waals surface area contributed by atoms with Gasteiger partial charge in [0.05, 0.1) is 5.25 Å². The number of carbonyl (C=O) groups excluding carboxylic acids is 2. The summed E-state index contributed by atoms with van der Waals surface area (Å²) in [6, 6.07) is 12.4. The van der Waals surface area contributed by atoms with Gasteiger partial charge in [-0.2, -0.15) is 0 Å². The van der Waals surface area contributed by atoms with Gasteiger partial charge in [-0.15, -0.1) is 0 Å². The number of nitrogens with one attached hydrogen (secondary N) is 2. The molecule has 3 amide bonds. The number of hydrogen-bond donors (Lipinski definition) is 2. The first-order chi connectivity index (χ1) is 14.8. The lowest BCUT2D eigenvalue weighted by Gasteiger charge is -2.25. The molecule has 0 radical (unpaired) electrons. The van der Waals surface area contributed by atoms with Crippen molar-refractivity contribution in [2.75, 3.05) is 18.7 Å². The number of carbonyl (C=O) groups is 2. The summed E-state index contributed by atoms with van der Waals surface area (Å²) < 4.78 is 36.8. The molecule has 0 bridgehead atoms. The maximum atomic E-state index is 13.3. The van der Waals surface area contributed by atoms with Crippen molar-refractivity contribution < 1.29 is 27.5 Å². The summed E-state index contributed by atoms with van der Waals surface area (Å²) in [5.41, 5.74) is 1.38. The summed E-state index contributed by atoms with van der Waals surface area (Å²) in [5, 5.41) is 1.99. The molecule has 1 aliphatic carbocycles. The average Bonchev–Trinajstić information content (AvgIpc) is 3.51. The number of fused-ring (bicyclic) bond motifs is 1. The quantitative estimate of drug-likeness (QED) is 0.672. The molecule has 1 aliphatic heterocycles. The molecule has 9 nitrogen and oxygen atoms in total. The molecule has 1 heterocycles. The van der Waals surface area contributed by atoms with Crippen LogP contribution in [-0.2, 0) is 21.2 Å². The van der Waals surface area contributed by atoms with Crippen LogP contribution in [0.1, 0.15) is 18.4 Å². The topological polar surface area (TPSA) is 114 Å². The molecular weight excluding hydrogens is 422 g/mol. The van der Waals surface area contributed by atoms with Crippen LogP contribution in [0, 0.1) is 0 Å². The van der Waals surface area contributed by atoms with E-state index in [1.54, 1.807) is 25.2 Å². The van der Waals surface area contributed by atoms with Gasteiger partial charge in [0.15, 0.2) is 11.5 Å². The molecule has 164 valence electrons. The molecule has 1 saturated carbocycles. The minimum atomic E-state index is -3.73. The van der Waals surface area contributed by atoms with Crippen LogP contribution in [-0.4, -0.2) is 45.5 Å². The predicted molar refractivity (Wildman–Crippen MR) is 114 cm³/mol. The van der Waals surface area contributed by atoms with Crippen LogP contribution in [0.4, 0.5) is 10.5 Å². The third-order valence-corrected chi connectivity index (χ3v) is 6.98. The van der Waals surface area contributed by atoms with Crippen molar-refractivity contribution in [3.63, 3.8) is 0 Å². The standard InChI is InChI=1S/C21H23N3O6S/c1-24(15-7-10-18-19(12-15)30-13-29-18)20(25)17(11-14-5-3-2-4-6-14)22-21(26)23-31(27,28)16-8-9-16/h2-7,10,12,16-17H,8-9,11,13H2,1H3,(H2,22,23,26). The monoisotopic (exact) mass is 445 g/mol. The largest absolute Gasteiger partial charge is 0.454 e. The first-order valence-corrected chi connectivity index (χ1v) is 11.4. The summed E-state index contributed by atoms with van der Waals surface area (Å²) in [4.78, 5) is 27.1. The highest BCUT2D eigenvalue weighted by Crippen LogP contribution is 2.35. The zero-order valence-electron chi connectivity index (χ0n) is 16.9. The number of ether oxygens (including phenoxy) is 2. The fraction of sp³-hybridized carbons (Fsp3) is 0.333. The van der Waals surface area contributed by atoms with E-state index in [2.05, 4.69) is 5.32 Å². The van der Waals surface area contributed by atoms with Gasteiger partial charge in [-0.05, 0) is 30.5 Å². The van der Waals surface area contributed by atoms with E-state index < -0.39 is 33.3 Å². The zero-order chi connectivity index (χ0) is 22.0. The highest BCUT2D eigenvalue weighted by molar-refractivity contribution is 7.90. The lowest BCUT2D eigenvalue weighted by atomic mass is 10.0. The molecule has 2 aromatic rings. The van der Waals surface area contributed by atoms with Crippen molar-refractivity contribution in [2.45, 2.75) is 30.6 Å². The van der Waals surface area contributed by atoms with Crippen LogP contribution in [0.5, 0.6) is 11.5 Å². The highest BCUT2D eigenvalue weighted by atomic mass is 32.2. The normalized spacial score (nSPS) is 15.8. The number of benzene rings is 2. The Morgan fingerprint density at radius 1 is 1.10 bits per heavy atom. The van der Waals surface area contributed by atoms with E-state index in [4.69, 9.17) is 9.47 Å². The summed E-state index contributed by atoms with van der Waals surface area (Å²) in [6.07, 6.45) is 1.26. The van der Waals surface area contributed by atoms with Crippen molar-refractivity contribution >= 4 is 27.6 Å². The highest BCUT2D eigenvalue weighted by Gasteiger charge is 2.37. The van der Waals surface area contributed by atoms with Gasteiger partial charge in [0.25, 0.3) is 0 Å². The molecule has 4 rings (SSSR count). The van der Waals surface area contributed by atoms with Gasteiger partial charge < -0.3 is 19.7 Å². The van der Waals surface area contributed by atoms with Crippen molar-refractivity contribution in [1.29, 1.82) is 0 Å². The molecular formula is C21H23N3O6S. The first-order valence-electron chi connectivity index (χ1n) is 9.87. The minimum absolute atomic E-state index is 0.115. The van der Waals surface area contributed by atoms with E-state index in [-0.39, 0.29) is 13.2 Å². The summed E-state index contributed by atoms with van der Waals surface area (Å²) >= 11 is 0. The summed E-state index contributed by atoms with van der Waals surface area (Å²) in [6.45, 7) is 0.115. The number of sulfonamides is 1. The van der Waals surface area contributed by atoms with E-state index in [1.807, 2.05) is 35.1 Å². The third kappa shape index (κ3) is 4.91. The Morgan fingerprint density at radius 3 is 2.52 bits per heavy atom. The molecule has 0 saturated heterocycles. The Kier molecular flexibility index (Phi) is 5.73. The van der Waals surface area contributed by atoms with Crippen molar-refractivity contribution in [3.8, 4) is 11.5 Å². The van der Waals surface area contributed by atoms with Crippen molar-refractivity contribution in [3.05, 3.63) is 54.1 Å². The molecule has 1 atom stereocenters. The molecule has 31 heavy (non-hydrogen) atoms. The Morgan fingerprint density at radius 2 is 1.81 bits per heavy atom. The number of urea groups is 1. The fourth-order valence-corrected chi connectivity index (χ4v) is 4.52.